The van der Waals surface area contributed by atoms with Gasteiger partial charge in [-0.05, 0) is 25.3 Å². The van der Waals surface area contributed by atoms with E-state index < -0.39 is 5.97 Å². The fourth-order valence-corrected chi connectivity index (χ4v) is 3.21. The Morgan fingerprint density at radius 1 is 1.50 bits per heavy atom. The van der Waals surface area contributed by atoms with Gasteiger partial charge in [0.25, 0.3) is 0 Å². The van der Waals surface area contributed by atoms with E-state index in [-0.39, 0.29) is 5.69 Å². The summed E-state index contributed by atoms with van der Waals surface area (Å²) in [7, 11) is 0. The van der Waals surface area contributed by atoms with Crippen LogP contribution in [0.2, 0.25) is 5.15 Å². The van der Waals surface area contributed by atoms with E-state index in [2.05, 4.69) is 15.2 Å². The summed E-state index contributed by atoms with van der Waals surface area (Å²) in [6.45, 7) is 2.67. The van der Waals surface area contributed by atoms with E-state index in [1.807, 2.05) is 11.8 Å². The largest absolute Gasteiger partial charge is 0.476 e. The molecular weight excluding hydrogens is 300 g/mol. The lowest BCUT2D eigenvalue weighted by Gasteiger charge is -2.28. The minimum atomic E-state index is -1.02. The fourth-order valence-electron chi connectivity index (χ4n) is 2.23. The van der Waals surface area contributed by atoms with Gasteiger partial charge < -0.3 is 10.0 Å². The van der Waals surface area contributed by atoms with E-state index in [0.717, 1.165) is 36.3 Å². The van der Waals surface area contributed by atoms with Crippen molar-refractivity contribution in [1.82, 2.24) is 15.2 Å². The van der Waals surface area contributed by atoms with Crippen molar-refractivity contribution in [3.8, 4) is 0 Å². The van der Waals surface area contributed by atoms with E-state index in [0.29, 0.717) is 10.3 Å². The highest BCUT2D eigenvalue weighted by atomic mass is 35.5. The Balaban J connectivity index is 2.05. The van der Waals surface area contributed by atoms with Crippen LogP contribution in [0.5, 0.6) is 0 Å². The molecule has 8 heteroatoms. The predicted octanol–water partition coefficient (Wildman–Crippen LogP) is 2.68. The number of aromatic nitrogens is 3. The van der Waals surface area contributed by atoms with Crippen molar-refractivity contribution in [2.24, 2.45) is 0 Å². The van der Waals surface area contributed by atoms with Crippen molar-refractivity contribution in [3.63, 3.8) is 0 Å². The van der Waals surface area contributed by atoms with Crippen molar-refractivity contribution >= 4 is 39.9 Å². The molecule has 0 unspecified atom stereocenters. The third kappa shape index (κ3) is 2.12. The Morgan fingerprint density at radius 3 is 3.00 bits per heavy atom. The number of hydrogen-bond acceptors (Lipinski definition) is 6. The van der Waals surface area contributed by atoms with Crippen LogP contribution in [0.15, 0.2) is 5.38 Å². The second-order valence-electron chi connectivity index (χ2n) is 4.49. The molecule has 0 aliphatic carbocycles. The number of aromatic carboxylic acids is 1. The van der Waals surface area contributed by atoms with Gasteiger partial charge in [-0.2, -0.15) is 0 Å². The van der Waals surface area contributed by atoms with Gasteiger partial charge in [-0.25, -0.2) is 9.78 Å². The number of carbonyl (C=O) groups is 1. The van der Waals surface area contributed by atoms with Crippen LogP contribution in [-0.4, -0.2) is 32.8 Å². The standard InChI is InChI=1S/C12H11ClN4O2S/c1-6-7-3-2-4-17(10(7)16-15-9(6)13)12-14-8(5-20-12)11(18)19/h5H,2-4H2,1H3,(H,18,19). The molecule has 1 N–H and O–H groups in total. The average molecular weight is 311 g/mol. The summed E-state index contributed by atoms with van der Waals surface area (Å²) in [5, 5.41) is 19.6. The molecular formula is C12H11ClN4O2S. The normalized spacial score (nSPS) is 14.2. The molecule has 0 spiro atoms. The Bertz CT molecular complexity index is 688. The number of fused-ring (bicyclic) bond motifs is 1. The monoisotopic (exact) mass is 310 g/mol. The Kier molecular flexibility index (Phi) is 3.31. The van der Waals surface area contributed by atoms with Crippen LogP contribution >= 0.6 is 22.9 Å². The number of hydrogen-bond donors (Lipinski definition) is 1. The zero-order valence-corrected chi connectivity index (χ0v) is 12.2. The second-order valence-corrected chi connectivity index (χ2v) is 5.69. The molecule has 0 atom stereocenters. The molecule has 2 aromatic rings. The topological polar surface area (TPSA) is 79.2 Å². The van der Waals surface area contributed by atoms with Crippen molar-refractivity contribution in [2.45, 2.75) is 19.8 Å². The Hall–Kier alpha value is -1.73. The van der Waals surface area contributed by atoms with Gasteiger partial charge in [0.15, 0.2) is 21.8 Å². The van der Waals surface area contributed by atoms with E-state index in [1.165, 1.54) is 16.7 Å². The Morgan fingerprint density at radius 2 is 2.30 bits per heavy atom. The molecule has 0 aromatic carbocycles. The van der Waals surface area contributed by atoms with Crippen molar-refractivity contribution in [1.29, 1.82) is 0 Å². The number of nitrogens with zero attached hydrogens (tertiary/aromatic N) is 4. The van der Waals surface area contributed by atoms with Crippen molar-refractivity contribution in [2.75, 3.05) is 11.4 Å². The van der Waals surface area contributed by atoms with Gasteiger partial charge >= 0.3 is 5.97 Å². The first-order chi connectivity index (χ1) is 9.58. The van der Waals surface area contributed by atoms with E-state index >= 15 is 0 Å². The molecule has 3 rings (SSSR count). The van der Waals surface area contributed by atoms with Crippen molar-refractivity contribution in [3.05, 3.63) is 27.4 Å². The number of anilines is 2. The van der Waals surface area contributed by atoms with Gasteiger partial charge in [0.05, 0.1) is 0 Å². The molecule has 0 radical (unpaired) electrons. The fraction of sp³-hybridized carbons (Fsp3) is 0.333. The molecule has 1 aliphatic heterocycles. The highest BCUT2D eigenvalue weighted by Crippen LogP contribution is 2.35. The molecule has 20 heavy (non-hydrogen) atoms. The average Bonchev–Trinajstić information content (AvgIpc) is 2.92. The van der Waals surface area contributed by atoms with Crippen LogP contribution in [0, 0.1) is 6.92 Å². The molecule has 0 fully saturated rings. The number of carboxylic acid groups (broad SMARTS) is 1. The molecule has 0 saturated heterocycles. The van der Waals surface area contributed by atoms with Crippen LogP contribution in [0.25, 0.3) is 0 Å². The van der Waals surface area contributed by atoms with Crippen LogP contribution in [0.4, 0.5) is 10.9 Å². The number of rotatable bonds is 2. The summed E-state index contributed by atoms with van der Waals surface area (Å²) >= 11 is 7.29. The lowest BCUT2D eigenvalue weighted by molar-refractivity contribution is 0.0691. The van der Waals surface area contributed by atoms with Gasteiger partial charge in [0, 0.05) is 17.5 Å². The van der Waals surface area contributed by atoms with Gasteiger partial charge in [-0.3, -0.25) is 0 Å². The molecule has 3 heterocycles. The van der Waals surface area contributed by atoms with Crippen molar-refractivity contribution < 1.29 is 9.90 Å². The first-order valence-corrected chi connectivity index (χ1v) is 7.31. The van der Waals surface area contributed by atoms with Crippen LogP contribution in [0.1, 0.15) is 28.0 Å². The maximum absolute atomic E-state index is 10.9. The third-order valence-electron chi connectivity index (χ3n) is 3.27. The summed E-state index contributed by atoms with van der Waals surface area (Å²) in [6.07, 6.45) is 1.84. The van der Waals surface area contributed by atoms with E-state index in [9.17, 15) is 4.79 Å². The lowest BCUT2D eigenvalue weighted by Crippen LogP contribution is -2.27. The summed E-state index contributed by atoms with van der Waals surface area (Å²) < 4.78 is 0. The zero-order valence-electron chi connectivity index (χ0n) is 10.6. The first-order valence-electron chi connectivity index (χ1n) is 6.06. The van der Waals surface area contributed by atoms with Crippen LogP contribution < -0.4 is 4.90 Å². The molecule has 0 bridgehead atoms. The predicted molar refractivity (Wildman–Crippen MR) is 76.2 cm³/mol. The maximum Gasteiger partial charge on any atom is 0.355 e. The van der Waals surface area contributed by atoms with Gasteiger partial charge in [0.2, 0.25) is 0 Å². The van der Waals surface area contributed by atoms with Gasteiger partial charge in [-0.15, -0.1) is 21.5 Å². The highest BCUT2D eigenvalue weighted by molar-refractivity contribution is 7.14. The minimum Gasteiger partial charge on any atom is -0.476 e. The third-order valence-corrected chi connectivity index (χ3v) is 4.49. The molecule has 104 valence electrons. The Labute approximate surface area is 124 Å². The molecule has 0 saturated carbocycles. The smallest absolute Gasteiger partial charge is 0.355 e. The summed E-state index contributed by atoms with van der Waals surface area (Å²) in [6, 6.07) is 0. The number of thiazole rings is 1. The second kappa shape index (κ2) is 4.99. The summed E-state index contributed by atoms with van der Waals surface area (Å²) in [5.41, 5.74) is 2.04. The number of carboxylic acids is 1. The summed E-state index contributed by atoms with van der Waals surface area (Å²) in [4.78, 5) is 17.0. The highest BCUT2D eigenvalue weighted by Gasteiger charge is 2.25. The lowest BCUT2D eigenvalue weighted by atomic mass is 10.0. The minimum absolute atomic E-state index is 0.0516. The van der Waals surface area contributed by atoms with E-state index in [4.69, 9.17) is 16.7 Å². The number of halogens is 1. The first kappa shape index (κ1) is 13.3. The van der Waals surface area contributed by atoms with E-state index in [1.54, 1.807) is 0 Å². The van der Waals surface area contributed by atoms with Crippen LogP contribution in [-0.2, 0) is 6.42 Å². The maximum atomic E-state index is 10.9. The van der Waals surface area contributed by atoms with Gasteiger partial charge in [-0.1, -0.05) is 11.6 Å². The quantitative estimate of drug-likeness (QED) is 0.918. The molecule has 1 aliphatic rings. The molecule has 0 amide bonds. The molecule has 2 aromatic heterocycles. The molecule has 6 nitrogen and oxygen atoms in total. The van der Waals surface area contributed by atoms with Gasteiger partial charge in [0.1, 0.15) is 0 Å². The SMILES string of the molecule is Cc1c(Cl)nnc2c1CCCN2c1nc(C(=O)O)cs1. The zero-order chi connectivity index (χ0) is 14.3. The van der Waals surface area contributed by atoms with Crippen LogP contribution in [0.3, 0.4) is 0 Å². The summed E-state index contributed by atoms with van der Waals surface area (Å²) in [5.74, 6) is -0.299.